The van der Waals surface area contributed by atoms with Gasteiger partial charge in [0.2, 0.25) is 5.95 Å². The number of aromatic amines is 1. The molecule has 1 heterocycles. The molecule has 0 fully saturated rings. The number of nitrogens with zero attached hydrogens (tertiary/aromatic N) is 1. The van der Waals surface area contributed by atoms with Crippen molar-refractivity contribution in [1.29, 1.82) is 0 Å². The van der Waals surface area contributed by atoms with E-state index in [4.69, 9.17) is 9.47 Å². The van der Waals surface area contributed by atoms with Gasteiger partial charge < -0.3 is 14.5 Å². The van der Waals surface area contributed by atoms with Crippen molar-refractivity contribution in [2.45, 2.75) is 0 Å². The van der Waals surface area contributed by atoms with Crippen molar-refractivity contribution in [3.05, 3.63) is 48.0 Å². The Morgan fingerprint density at radius 2 is 1.95 bits per heavy atom. The molecule has 0 unspecified atom stereocenters. The summed E-state index contributed by atoms with van der Waals surface area (Å²) in [4.78, 5) is 19.7. The number of imidazole rings is 1. The number of methoxy groups -OCH3 is 2. The van der Waals surface area contributed by atoms with Gasteiger partial charge in [-0.05, 0) is 24.3 Å². The van der Waals surface area contributed by atoms with E-state index in [0.29, 0.717) is 23.0 Å². The predicted octanol–water partition coefficient (Wildman–Crippen LogP) is 2.83. The molecule has 0 aliphatic rings. The molecule has 2 N–H and O–H groups in total. The van der Waals surface area contributed by atoms with Crippen molar-refractivity contribution >= 4 is 22.9 Å². The Balaban J connectivity index is 1.87. The van der Waals surface area contributed by atoms with Gasteiger partial charge in [-0.25, -0.2) is 4.98 Å². The van der Waals surface area contributed by atoms with E-state index in [0.717, 1.165) is 11.0 Å². The summed E-state index contributed by atoms with van der Waals surface area (Å²) in [7, 11) is 3.07. The van der Waals surface area contributed by atoms with Crippen LogP contribution in [0.4, 0.5) is 5.95 Å². The van der Waals surface area contributed by atoms with E-state index >= 15 is 0 Å². The maximum absolute atomic E-state index is 12.4. The second kappa shape index (κ2) is 5.77. The average Bonchev–Trinajstić information content (AvgIpc) is 2.96. The minimum Gasteiger partial charge on any atom is -0.497 e. The molecule has 1 amide bonds. The van der Waals surface area contributed by atoms with E-state index in [1.807, 2.05) is 24.3 Å². The van der Waals surface area contributed by atoms with Crippen molar-refractivity contribution in [3.8, 4) is 11.5 Å². The highest BCUT2D eigenvalue weighted by atomic mass is 16.5. The van der Waals surface area contributed by atoms with Crippen LogP contribution in [-0.2, 0) is 0 Å². The van der Waals surface area contributed by atoms with Gasteiger partial charge in [0.05, 0.1) is 30.8 Å². The lowest BCUT2D eigenvalue weighted by Gasteiger charge is -2.09. The monoisotopic (exact) mass is 297 g/mol. The van der Waals surface area contributed by atoms with E-state index in [-0.39, 0.29) is 5.91 Å². The third-order valence-electron chi connectivity index (χ3n) is 3.27. The zero-order valence-corrected chi connectivity index (χ0v) is 12.2. The number of rotatable bonds is 4. The Bertz CT molecular complexity index is 793. The zero-order chi connectivity index (χ0) is 15.5. The average molecular weight is 297 g/mol. The summed E-state index contributed by atoms with van der Waals surface area (Å²) in [6, 6.07) is 12.6. The molecule has 0 radical (unpaired) electrons. The quantitative estimate of drug-likeness (QED) is 0.776. The molecule has 0 spiro atoms. The molecule has 22 heavy (non-hydrogen) atoms. The third kappa shape index (κ3) is 2.58. The summed E-state index contributed by atoms with van der Waals surface area (Å²) in [5.74, 6) is 1.15. The highest BCUT2D eigenvalue weighted by molar-refractivity contribution is 6.06. The largest absolute Gasteiger partial charge is 0.497 e. The number of amides is 1. The second-order valence-electron chi connectivity index (χ2n) is 4.62. The Labute approximate surface area is 127 Å². The summed E-state index contributed by atoms with van der Waals surface area (Å²) in [5, 5.41) is 2.73. The fraction of sp³-hybridized carbons (Fsp3) is 0.125. The van der Waals surface area contributed by atoms with Crippen LogP contribution < -0.4 is 14.8 Å². The number of carbonyl (C=O) groups excluding carboxylic acids is 1. The van der Waals surface area contributed by atoms with Crippen molar-refractivity contribution in [3.63, 3.8) is 0 Å². The number of nitrogens with one attached hydrogen (secondary N) is 2. The molecule has 112 valence electrons. The summed E-state index contributed by atoms with van der Waals surface area (Å²) in [5.41, 5.74) is 2.06. The Morgan fingerprint density at radius 1 is 1.14 bits per heavy atom. The van der Waals surface area contributed by atoms with Gasteiger partial charge >= 0.3 is 0 Å². The first kappa shape index (κ1) is 13.9. The van der Waals surface area contributed by atoms with Crippen molar-refractivity contribution in [1.82, 2.24) is 9.97 Å². The molecule has 1 aromatic heterocycles. The van der Waals surface area contributed by atoms with Crippen LogP contribution in [0.25, 0.3) is 11.0 Å². The molecule has 0 bridgehead atoms. The lowest BCUT2D eigenvalue weighted by molar-refractivity contribution is 0.102. The first-order valence-corrected chi connectivity index (χ1v) is 6.69. The van der Waals surface area contributed by atoms with E-state index in [9.17, 15) is 4.79 Å². The van der Waals surface area contributed by atoms with Gasteiger partial charge in [-0.3, -0.25) is 10.1 Å². The predicted molar refractivity (Wildman–Crippen MR) is 83.6 cm³/mol. The molecule has 6 heteroatoms. The molecule has 3 aromatic rings. The summed E-state index contributed by atoms with van der Waals surface area (Å²) >= 11 is 0. The number of ether oxygens (including phenoxy) is 2. The van der Waals surface area contributed by atoms with Gasteiger partial charge in [-0.15, -0.1) is 0 Å². The Morgan fingerprint density at radius 3 is 2.68 bits per heavy atom. The van der Waals surface area contributed by atoms with Crippen molar-refractivity contribution in [2.75, 3.05) is 19.5 Å². The van der Waals surface area contributed by atoms with Gasteiger partial charge in [0, 0.05) is 6.07 Å². The van der Waals surface area contributed by atoms with E-state index in [1.54, 1.807) is 25.3 Å². The number of hydrogen-bond acceptors (Lipinski definition) is 4. The number of benzene rings is 2. The molecular weight excluding hydrogens is 282 g/mol. The number of para-hydroxylation sites is 2. The number of H-pyrrole nitrogens is 1. The normalized spacial score (nSPS) is 10.5. The Kier molecular flexibility index (Phi) is 3.65. The first-order chi connectivity index (χ1) is 10.7. The third-order valence-corrected chi connectivity index (χ3v) is 3.27. The SMILES string of the molecule is COc1ccc(C(=O)Nc2nc3ccccc3[nH]2)c(OC)c1. The maximum Gasteiger partial charge on any atom is 0.261 e. The lowest BCUT2D eigenvalue weighted by Crippen LogP contribution is -2.14. The molecule has 0 saturated carbocycles. The van der Waals surface area contributed by atoms with Crippen LogP contribution >= 0.6 is 0 Å². The van der Waals surface area contributed by atoms with Gasteiger partial charge in [0.25, 0.3) is 5.91 Å². The van der Waals surface area contributed by atoms with Crippen molar-refractivity contribution in [2.24, 2.45) is 0 Å². The standard InChI is InChI=1S/C16H15N3O3/c1-21-10-7-8-11(14(9-10)22-2)15(20)19-16-17-12-5-3-4-6-13(12)18-16/h3-9H,1-2H3,(H2,17,18,19,20). The number of hydrogen-bond donors (Lipinski definition) is 2. The maximum atomic E-state index is 12.4. The Hall–Kier alpha value is -3.02. The topological polar surface area (TPSA) is 76.2 Å². The summed E-state index contributed by atoms with van der Waals surface area (Å²) in [6.45, 7) is 0. The molecule has 0 aliphatic heterocycles. The van der Waals surface area contributed by atoms with Crippen LogP contribution in [0.1, 0.15) is 10.4 Å². The fourth-order valence-corrected chi connectivity index (χ4v) is 2.17. The number of carbonyl (C=O) groups is 1. The molecule has 0 atom stereocenters. The van der Waals surface area contributed by atoms with Crippen LogP contribution in [0.3, 0.4) is 0 Å². The van der Waals surface area contributed by atoms with Crippen LogP contribution in [0.5, 0.6) is 11.5 Å². The number of anilines is 1. The number of fused-ring (bicyclic) bond motifs is 1. The van der Waals surface area contributed by atoms with Gasteiger partial charge in [-0.1, -0.05) is 12.1 Å². The van der Waals surface area contributed by atoms with Crippen LogP contribution in [0, 0.1) is 0 Å². The minimum absolute atomic E-state index is 0.307. The van der Waals surface area contributed by atoms with Crippen LogP contribution in [-0.4, -0.2) is 30.1 Å². The molecular formula is C16H15N3O3. The van der Waals surface area contributed by atoms with Crippen LogP contribution in [0.2, 0.25) is 0 Å². The molecule has 2 aromatic carbocycles. The highest BCUT2D eigenvalue weighted by Crippen LogP contribution is 2.25. The summed E-state index contributed by atoms with van der Waals surface area (Å²) < 4.78 is 10.4. The highest BCUT2D eigenvalue weighted by Gasteiger charge is 2.15. The van der Waals surface area contributed by atoms with E-state index in [1.165, 1.54) is 7.11 Å². The van der Waals surface area contributed by atoms with E-state index < -0.39 is 0 Å². The van der Waals surface area contributed by atoms with Crippen molar-refractivity contribution < 1.29 is 14.3 Å². The van der Waals surface area contributed by atoms with Gasteiger partial charge in [0.15, 0.2) is 0 Å². The summed E-state index contributed by atoms with van der Waals surface area (Å²) in [6.07, 6.45) is 0. The molecule has 0 saturated heterocycles. The minimum atomic E-state index is -0.307. The molecule has 3 rings (SSSR count). The zero-order valence-electron chi connectivity index (χ0n) is 12.2. The van der Waals surface area contributed by atoms with Gasteiger partial charge in [-0.2, -0.15) is 0 Å². The van der Waals surface area contributed by atoms with Gasteiger partial charge in [0.1, 0.15) is 11.5 Å². The molecule has 0 aliphatic carbocycles. The number of aromatic nitrogens is 2. The lowest BCUT2D eigenvalue weighted by atomic mass is 10.2. The smallest absolute Gasteiger partial charge is 0.261 e. The second-order valence-corrected chi connectivity index (χ2v) is 4.62. The van der Waals surface area contributed by atoms with Crippen LogP contribution in [0.15, 0.2) is 42.5 Å². The first-order valence-electron chi connectivity index (χ1n) is 6.69. The molecule has 6 nitrogen and oxygen atoms in total. The fourth-order valence-electron chi connectivity index (χ4n) is 2.17. The van der Waals surface area contributed by atoms with E-state index in [2.05, 4.69) is 15.3 Å².